The molecule has 1 heterocycles. The summed E-state index contributed by atoms with van der Waals surface area (Å²) in [5.41, 5.74) is 0.270. The minimum Gasteiger partial charge on any atom is -0.450 e. The summed E-state index contributed by atoms with van der Waals surface area (Å²) >= 11 is 1.25. The molecule has 1 aliphatic carbocycles. The lowest BCUT2D eigenvalue weighted by Crippen LogP contribution is -2.31. The molecule has 1 aliphatic rings. The Kier molecular flexibility index (Phi) is 4.16. The van der Waals surface area contributed by atoms with Gasteiger partial charge in [0.1, 0.15) is 5.00 Å². The zero-order valence-electron chi connectivity index (χ0n) is 10.4. The van der Waals surface area contributed by atoms with Crippen molar-refractivity contribution in [3.63, 3.8) is 0 Å². The molecule has 0 radical (unpaired) electrons. The van der Waals surface area contributed by atoms with Gasteiger partial charge in [-0.3, -0.25) is 14.9 Å². The Balaban J connectivity index is 1.99. The number of hydrogen-bond acceptors (Lipinski definition) is 5. The Morgan fingerprint density at radius 1 is 1.42 bits per heavy atom. The van der Waals surface area contributed by atoms with Gasteiger partial charge in [-0.25, -0.2) is 4.79 Å². The van der Waals surface area contributed by atoms with Crippen molar-refractivity contribution >= 4 is 34.2 Å². The standard InChI is InChI=1S/C12H14N2O4S/c1-2-18-12(17)14-10(16)8-5-6-19-11(8)13-9(15)7-3-4-7/h5-7H,2-4H2,1H3,(H,13,15)(H,14,16,17). The fourth-order valence-electron chi connectivity index (χ4n) is 1.47. The van der Waals surface area contributed by atoms with Crippen molar-refractivity contribution < 1.29 is 19.1 Å². The molecule has 0 aliphatic heterocycles. The normalized spacial score (nSPS) is 13.7. The number of carbonyl (C=O) groups is 3. The lowest BCUT2D eigenvalue weighted by Gasteiger charge is -2.06. The first kappa shape index (κ1) is 13.5. The van der Waals surface area contributed by atoms with Crippen LogP contribution in [0.1, 0.15) is 30.1 Å². The van der Waals surface area contributed by atoms with E-state index in [-0.39, 0.29) is 24.0 Å². The minimum absolute atomic E-state index is 0.0584. The van der Waals surface area contributed by atoms with Crippen LogP contribution in [0.15, 0.2) is 11.4 Å². The van der Waals surface area contributed by atoms with Crippen LogP contribution >= 0.6 is 11.3 Å². The van der Waals surface area contributed by atoms with E-state index < -0.39 is 12.0 Å². The van der Waals surface area contributed by atoms with E-state index in [0.717, 1.165) is 12.8 Å². The summed E-state index contributed by atoms with van der Waals surface area (Å²) in [6.07, 6.45) is 0.988. The first-order valence-corrected chi connectivity index (χ1v) is 6.86. The third-order valence-corrected chi connectivity index (χ3v) is 3.42. The van der Waals surface area contributed by atoms with Crippen molar-refractivity contribution in [1.82, 2.24) is 5.32 Å². The lowest BCUT2D eigenvalue weighted by atomic mass is 10.3. The molecule has 0 atom stereocenters. The Morgan fingerprint density at radius 2 is 2.16 bits per heavy atom. The van der Waals surface area contributed by atoms with Gasteiger partial charge in [-0.05, 0) is 31.2 Å². The molecule has 1 saturated carbocycles. The zero-order chi connectivity index (χ0) is 13.8. The molecule has 7 heteroatoms. The predicted molar refractivity (Wildman–Crippen MR) is 70.2 cm³/mol. The smallest absolute Gasteiger partial charge is 0.414 e. The van der Waals surface area contributed by atoms with Crippen molar-refractivity contribution in [3.05, 3.63) is 17.0 Å². The maximum Gasteiger partial charge on any atom is 0.414 e. The number of anilines is 1. The number of thiophene rings is 1. The van der Waals surface area contributed by atoms with Crippen LogP contribution in [0.3, 0.4) is 0 Å². The number of rotatable bonds is 4. The summed E-state index contributed by atoms with van der Waals surface area (Å²) < 4.78 is 4.62. The van der Waals surface area contributed by atoms with Gasteiger partial charge in [-0.1, -0.05) is 0 Å². The molecule has 0 spiro atoms. The second-order valence-electron chi connectivity index (χ2n) is 4.10. The van der Waals surface area contributed by atoms with Crippen LogP contribution in [-0.4, -0.2) is 24.5 Å². The minimum atomic E-state index is -0.793. The average Bonchev–Trinajstić information content (AvgIpc) is 3.10. The second-order valence-corrected chi connectivity index (χ2v) is 5.02. The van der Waals surface area contributed by atoms with Gasteiger partial charge in [0, 0.05) is 5.92 Å². The number of alkyl carbamates (subject to hydrolysis) is 1. The number of ether oxygens (including phenoxy) is 1. The zero-order valence-corrected chi connectivity index (χ0v) is 11.2. The van der Waals surface area contributed by atoms with E-state index in [2.05, 4.69) is 15.4 Å². The van der Waals surface area contributed by atoms with Crippen molar-refractivity contribution in [1.29, 1.82) is 0 Å². The van der Waals surface area contributed by atoms with Gasteiger partial charge in [0.05, 0.1) is 12.2 Å². The maximum absolute atomic E-state index is 11.8. The summed E-state index contributed by atoms with van der Waals surface area (Å²) in [6, 6.07) is 1.56. The highest BCUT2D eigenvalue weighted by Gasteiger charge is 2.30. The van der Waals surface area contributed by atoms with Crippen LogP contribution in [0.25, 0.3) is 0 Å². The highest BCUT2D eigenvalue weighted by atomic mass is 32.1. The van der Waals surface area contributed by atoms with E-state index in [1.165, 1.54) is 11.3 Å². The molecule has 0 bridgehead atoms. The maximum atomic E-state index is 11.8. The Labute approximate surface area is 114 Å². The molecule has 102 valence electrons. The third-order valence-electron chi connectivity index (χ3n) is 2.59. The molecule has 6 nitrogen and oxygen atoms in total. The fourth-order valence-corrected chi connectivity index (χ4v) is 2.26. The second kappa shape index (κ2) is 5.83. The Morgan fingerprint density at radius 3 is 2.79 bits per heavy atom. The van der Waals surface area contributed by atoms with Crippen LogP contribution in [0.4, 0.5) is 9.80 Å². The molecule has 19 heavy (non-hydrogen) atoms. The molecular weight excluding hydrogens is 268 g/mol. The van der Waals surface area contributed by atoms with E-state index in [9.17, 15) is 14.4 Å². The lowest BCUT2D eigenvalue weighted by molar-refractivity contribution is -0.117. The van der Waals surface area contributed by atoms with E-state index in [0.29, 0.717) is 5.00 Å². The van der Waals surface area contributed by atoms with Gasteiger partial charge in [0.25, 0.3) is 5.91 Å². The Bertz CT molecular complexity index is 508. The molecule has 0 aromatic carbocycles. The number of hydrogen-bond donors (Lipinski definition) is 2. The fraction of sp³-hybridized carbons (Fsp3) is 0.417. The third kappa shape index (κ3) is 3.54. The van der Waals surface area contributed by atoms with E-state index in [1.807, 2.05) is 0 Å². The quantitative estimate of drug-likeness (QED) is 0.884. The van der Waals surface area contributed by atoms with Gasteiger partial charge in [-0.2, -0.15) is 0 Å². The van der Waals surface area contributed by atoms with Crippen LogP contribution in [-0.2, 0) is 9.53 Å². The molecule has 1 fully saturated rings. The van der Waals surface area contributed by atoms with Crippen molar-refractivity contribution in [2.24, 2.45) is 5.92 Å². The molecule has 1 aromatic heterocycles. The van der Waals surface area contributed by atoms with E-state index in [1.54, 1.807) is 18.4 Å². The molecule has 2 rings (SSSR count). The van der Waals surface area contributed by atoms with Gasteiger partial charge >= 0.3 is 6.09 Å². The molecule has 0 saturated heterocycles. The predicted octanol–water partition coefficient (Wildman–Crippen LogP) is 1.98. The van der Waals surface area contributed by atoms with Crippen molar-refractivity contribution in [3.8, 4) is 0 Å². The van der Waals surface area contributed by atoms with Gasteiger partial charge < -0.3 is 10.1 Å². The molecule has 2 N–H and O–H groups in total. The van der Waals surface area contributed by atoms with E-state index >= 15 is 0 Å². The van der Waals surface area contributed by atoms with Crippen molar-refractivity contribution in [2.75, 3.05) is 11.9 Å². The summed E-state index contributed by atoms with van der Waals surface area (Å²) in [5, 5.41) is 6.94. The number of imide groups is 1. The summed E-state index contributed by atoms with van der Waals surface area (Å²) in [7, 11) is 0. The van der Waals surface area contributed by atoms with Gasteiger partial charge in [0.15, 0.2) is 0 Å². The summed E-state index contributed by atoms with van der Waals surface area (Å²) in [5.74, 6) is -0.596. The van der Waals surface area contributed by atoms with Crippen molar-refractivity contribution in [2.45, 2.75) is 19.8 Å². The van der Waals surface area contributed by atoms with E-state index in [4.69, 9.17) is 0 Å². The number of amides is 3. The molecule has 0 unspecified atom stereocenters. The highest BCUT2D eigenvalue weighted by Crippen LogP contribution is 2.32. The summed E-state index contributed by atoms with van der Waals surface area (Å²) in [4.78, 5) is 34.6. The Hall–Kier alpha value is -1.89. The van der Waals surface area contributed by atoms with Crippen LogP contribution in [0.5, 0.6) is 0 Å². The first-order chi connectivity index (χ1) is 9.11. The number of carbonyl (C=O) groups excluding carboxylic acids is 3. The molecular formula is C12H14N2O4S. The largest absolute Gasteiger partial charge is 0.450 e. The van der Waals surface area contributed by atoms with Crippen LogP contribution < -0.4 is 10.6 Å². The topological polar surface area (TPSA) is 84.5 Å². The van der Waals surface area contributed by atoms with Crippen LogP contribution in [0, 0.1) is 5.92 Å². The molecule has 3 amide bonds. The summed E-state index contributed by atoms with van der Waals surface area (Å²) in [6.45, 7) is 1.84. The molecule has 1 aromatic rings. The van der Waals surface area contributed by atoms with Crippen LogP contribution in [0.2, 0.25) is 0 Å². The SMILES string of the molecule is CCOC(=O)NC(=O)c1ccsc1NC(=O)C1CC1. The van der Waals surface area contributed by atoms with Gasteiger partial charge in [-0.15, -0.1) is 11.3 Å². The first-order valence-electron chi connectivity index (χ1n) is 5.98. The number of nitrogens with one attached hydrogen (secondary N) is 2. The monoisotopic (exact) mass is 282 g/mol. The van der Waals surface area contributed by atoms with Gasteiger partial charge in [0.2, 0.25) is 5.91 Å². The highest BCUT2D eigenvalue weighted by molar-refractivity contribution is 7.14. The average molecular weight is 282 g/mol.